The number of rotatable bonds is 2. The molecule has 1 aromatic heterocycles. The van der Waals surface area contributed by atoms with Gasteiger partial charge < -0.3 is 4.98 Å². The van der Waals surface area contributed by atoms with Gasteiger partial charge in [0, 0.05) is 34.3 Å². The number of aromatic amines is 1. The van der Waals surface area contributed by atoms with Crippen LogP contribution < -0.4 is 4.99 Å². The highest BCUT2D eigenvalue weighted by Gasteiger charge is 2.32. The summed E-state index contributed by atoms with van der Waals surface area (Å²) in [7, 11) is 0. The molecule has 0 aliphatic carbocycles. The maximum absolute atomic E-state index is 13.4. The zero-order valence-corrected chi connectivity index (χ0v) is 15.2. The van der Waals surface area contributed by atoms with E-state index in [2.05, 4.69) is 9.98 Å². The van der Waals surface area contributed by atoms with E-state index in [9.17, 15) is 13.2 Å². The van der Waals surface area contributed by atoms with Gasteiger partial charge in [-0.3, -0.25) is 0 Å². The molecule has 29 heavy (non-hydrogen) atoms. The lowest BCUT2D eigenvalue weighted by atomic mass is 9.89. The third-order valence-electron chi connectivity index (χ3n) is 5.20. The van der Waals surface area contributed by atoms with Gasteiger partial charge in [0.25, 0.3) is 0 Å². The molecule has 0 amide bonds. The predicted molar refractivity (Wildman–Crippen MR) is 109 cm³/mol. The number of fused-ring (bicyclic) bond motifs is 2. The van der Waals surface area contributed by atoms with E-state index in [-0.39, 0.29) is 0 Å². The summed E-state index contributed by atoms with van der Waals surface area (Å²) < 4.78 is 40.2. The van der Waals surface area contributed by atoms with Crippen LogP contribution in [0.4, 0.5) is 18.9 Å². The van der Waals surface area contributed by atoms with E-state index in [1.165, 1.54) is 12.1 Å². The molecule has 2 heterocycles. The molecule has 1 aliphatic heterocycles. The Labute approximate surface area is 165 Å². The van der Waals surface area contributed by atoms with Crippen molar-refractivity contribution in [1.82, 2.24) is 4.98 Å². The Hall–Kier alpha value is -3.60. The summed E-state index contributed by atoms with van der Waals surface area (Å²) in [6, 6.07) is 21.1. The second kappa shape index (κ2) is 6.48. The van der Waals surface area contributed by atoms with Gasteiger partial charge in [-0.25, -0.2) is 4.99 Å². The summed E-state index contributed by atoms with van der Waals surface area (Å²) in [5, 5.41) is 0.963. The van der Waals surface area contributed by atoms with Gasteiger partial charge >= 0.3 is 6.18 Å². The van der Waals surface area contributed by atoms with E-state index in [0.29, 0.717) is 5.56 Å². The molecule has 0 saturated carbocycles. The van der Waals surface area contributed by atoms with Gasteiger partial charge in [0.15, 0.2) is 6.21 Å². The molecule has 5 rings (SSSR count). The first kappa shape index (κ1) is 17.5. The number of para-hydroxylation sites is 2. The fraction of sp³-hybridized carbons (Fsp3) is 0.0417. The van der Waals surface area contributed by atoms with Gasteiger partial charge in [0.2, 0.25) is 5.69 Å². The first-order valence-electron chi connectivity index (χ1n) is 9.20. The Kier molecular flexibility index (Phi) is 3.91. The van der Waals surface area contributed by atoms with Crippen LogP contribution in [-0.4, -0.2) is 11.2 Å². The van der Waals surface area contributed by atoms with E-state index < -0.39 is 11.7 Å². The van der Waals surface area contributed by atoms with E-state index >= 15 is 0 Å². The van der Waals surface area contributed by atoms with E-state index in [0.717, 1.165) is 44.9 Å². The number of benzene rings is 3. The normalized spacial score (nSPS) is 15.0. The molecule has 2 N–H and O–H groups in total. The molecular formula is C24H16F3N2+. The maximum Gasteiger partial charge on any atom is 0.416 e. The fourth-order valence-corrected chi connectivity index (χ4v) is 3.86. The van der Waals surface area contributed by atoms with Crippen LogP contribution in [0.5, 0.6) is 0 Å². The van der Waals surface area contributed by atoms with Crippen molar-refractivity contribution in [3.8, 4) is 0 Å². The van der Waals surface area contributed by atoms with Gasteiger partial charge in [-0.2, -0.15) is 13.2 Å². The summed E-state index contributed by atoms with van der Waals surface area (Å²) in [4.78, 5) is 6.48. The zero-order valence-electron chi connectivity index (χ0n) is 15.2. The van der Waals surface area contributed by atoms with Gasteiger partial charge in [-0.1, -0.05) is 42.5 Å². The van der Waals surface area contributed by atoms with Crippen LogP contribution in [0.2, 0.25) is 0 Å². The van der Waals surface area contributed by atoms with Crippen molar-refractivity contribution in [3.05, 3.63) is 101 Å². The molecule has 5 heteroatoms. The third kappa shape index (κ3) is 2.95. The van der Waals surface area contributed by atoms with Gasteiger partial charge in [-0.05, 0) is 29.8 Å². The molecule has 3 aromatic carbocycles. The van der Waals surface area contributed by atoms with Crippen molar-refractivity contribution in [2.24, 2.45) is 0 Å². The fourth-order valence-electron chi connectivity index (χ4n) is 3.86. The number of halogens is 3. The minimum absolute atomic E-state index is 0.523. The molecule has 0 bridgehead atoms. The number of aromatic nitrogens is 1. The Balaban J connectivity index is 1.83. The monoisotopic (exact) mass is 389 g/mol. The topological polar surface area (TPSA) is 29.8 Å². The Morgan fingerprint density at radius 1 is 0.862 bits per heavy atom. The van der Waals surface area contributed by atoms with Crippen molar-refractivity contribution < 1.29 is 18.2 Å². The molecule has 2 nitrogen and oxygen atoms in total. The number of H-pyrrole nitrogens is 1. The molecule has 0 atom stereocenters. The van der Waals surface area contributed by atoms with E-state index in [1.807, 2.05) is 60.9 Å². The van der Waals surface area contributed by atoms with Crippen molar-refractivity contribution in [2.75, 3.05) is 0 Å². The first-order chi connectivity index (χ1) is 14.0. The number of alkyl halides is 3. The SMILES string of the molecule is FC(F)(F)c1cccc(C(=C2C=[NH+]c3ccccc32)c2c[nH]c3ccccc23)c1. The molecule has 1 aliphatic rings. The molecule has 0 saturated heterocycles. The number of hydrogen-bond acceptors (Lipinski definition) is 0. The Morgan fingerprint density at radius 3 is 2.52 bits per heavy atom. The molecule has 4 aromatic rings. The van der Waals surface area contributed by atoms with Crippen LogP contribution >= 0.6 is 0 Å². The van der Waals surface area contributed by atoms with Crippen LogP contribution in [0.15, 0.2) is 79.0 Å². The molecule has 0 spiro atoms. The van der Waals surface area contributed by atoms with Gasteiger partial charge in [0.1, 0.15) is 0 Å². The number of hydrogen-bond donors (Lipinski definition) is 2. The van der Waals surface area contributed by atoms with Crippen LogP contribution in [0, 0.1) is 0 Å². The largest absolute Gasteiger partial charge is 0.416 e. The average Bonchev–Trinajstić information content (AvgIpc) is 3.34. The summed E-state index contributed by atoms with van der Waals surface area (Å²) >= 11 is 0. The van der Waals surface area contributed by atoms with Crippen molar-refractivity contribution in [2.45, 2.75) is 6.18 Å². The highest BCUT2D eigenvalue weighted by molar-refractivity contribution is 6.24. The van der Waals surface area contributed by atoms with Gasteiger partial charge in [-0.15, -0.1) is 0 Å². The van der Waals surface area contributed by atoms with E-state index in [1.54, 1.807) is 6.07 Å². The summed E-state index contributed by atoms with van der Waals surface area (Å²) in [5.74, 6) is 0. The second-order valence-corrected chi connectivity index (χ2v) is 6.95. The molecule has 0 radical (unpaired) electrons. The average molecular weight is 389 g/mol. The standard InChI is InChI=1S/C24H15F3N2/c25-24(26,27)16-7-5-6-15(12-16)23(19-13-28-21-10-3-1-8-17(19)21)20-14-29-22-11-4-2-9-18(20)22/h1-14,28H/p+1. The zero-order chi connectivity index (χ0) is 20.0. The Morgan fingerprint density at radius 2 is 1.66 bits per heavy atom. The van der Waals surface area contributed by atoms with Crippen LogP contribution in [0.1, 0.15) is 22.3 Å². The third-order valence-corrected chi connectivity index (χ3v) is 5.20. The summed E-state index contributed by atoms with van der Waals surface area (Å²) in [6.45, 7) is 0. The Bertz CT molecular complexity index is 1290. The molecule has 0 fully saturated rings. The molecule has 0 unspecified atom stereocenters. The minimum Gasteiger partial charge on any atom is -0.361 e. The van der Waals surface area contributed by atoms with Crippen LogP contribution in [0.25, 0.3) is 22.0 Å². The lowest BCUT2D eigenvalue weighted by molar-refractivity contribution is -0.342. The quantitative estimate of drug-likeness (QED) is 0.486. The highest BCUT2D eigenvalue weighted by atomic mass is 19.4. The highest BCUT2D eigenvalue weighted by Crippen LogP contribution is 2.39. The lowest BCUT2D eigenvalue weighted by Crippen LogP contribution is -2.58. The maximum atomic E-state index is 13.4. The smallest absolute Gasteiger partial charge is 0.361 e. The summed E-state index contributed by atoms with van der Waals surface area (Å²) in [6.07, 6.45) is -0.675. The number of allylic oxidation sites excluding steroid dienone is 1. The minimum atomic E-state index is -4.40. The van der Waals surface area contributed by atoms with Crippen LogP contribution in [-0.2, 0) is 6.18 Å². The summed E-state index contributed by atoms with van der Waals surface area (Å²) in [5.41, 5.74) is 5.19. The number of nitrogens with one attached hydrogen (secondary N) is 2. The van der Waals surface area contributed by atoms with Crippen LogP contribution in [0.3, 0.4) is 0 Å². The van der Waals surface area contributed by atoms with Crippen molar-refractivity contribution in [3.63, 3.8) is 0 Å². The van der Waals surface area contributed by atoms with Crippen molar-refractivity contribution >= 4 is 34.0 Å². The van der Waals surface area contributed by atoms with Gasteiger partial charge in [0.05, 0.1) is 16.7 Å². The van der Waals surface area contributed by atoms with Crippen molar-refractivity contribution in [1.29, 1.82) is 0 Å². The van der Waals surface area contributed by atoms with E-state index in [4.69, 9.17) is 0 Å². The predicted octanol–water partition coefficient (Wildman–Crippen LogP) is 4.94. The molecule has 142 valence electrons. The first-order valence-corrected chi connectivity index (χ1v) is 9.20. The lowest BCUT2D eigenvalue weighted by Gasteiger charge is -2.13. The molecular weight excluding hydrogens is 373 g/mol. The second-order valence-electron chi connectivity index (χ2n) is 6.95.